The van der Waals surface area contributed by atoms with Crippen LogP contribution in [0.3, 0.4) is 0 Å². The standard InChI is InChI=1S/C21H25ClN2O/c1-15-3-4-16(2)20(13-15)21(25)23-19-9-11-24(12-10-19)14-17-5-7-18(22)8-6-17/h3-8,13,19H,9-12,14H2,1-2H3,(H,23,25)/p+1. The predicted molar refractivity (Wildman–Crippen MR) is 102 cm³/mol. The van der Waals surface area contributed by atoms with Crippen molar-refractivity contribution in [3.8, 4) is 0 Å². The summed E-state index contributed by atoms with van der Waals surface area (Å²) < 4.78 is 0. The van der Waals surface area contributed by atoms with Gasteiger partial charge in [-0.25, -0.2) is 0 Å². The summed E-state index contributed by atoms with van der Waals surface area (Å²) in [4.78, 5) is 14.1. The number of carbonyl (C=O) groups excluding carboxylic acids is 1. The lowest BCUT2D eigenvalue weighted by Crippen LogP contribution is -3.12. The summed E-state index contributed by atoms with van der Waals surface area (Å²) in [6, 6.07) is 14.4. The van der Waals surface area contributed by atoms with Crippen LogP contribution in [0.2, 0.25) is 5.02 Å². The quantitative estimate of drug-likeness (QED) is 0.866. The Bertz CT molecular complexity index is 734. The van der Waals surface area contributed by atoms with E-state index in [9.17, 15) is 4.79 Å². The number of hydrogen-bond acceptors (Lipinski definition) is 1. The van der Waals surface area contributed by atoms with Crippen LogP contribution < -0.4 is 10.2 Å². The lowest BCUT2D eigenvalue weighted by molar-refractivity contribution is -0.918. The highest BCUT2D eigenvalue weighted by atomic mass is 35.5. The molecule has 3 nitrogen and oxygen atoms in total. The molecule has 2 aromatic carbocycles. The number of quaternary nitrogens is 1. The number of benzene rings is 2. The monoisotopic (exact) mass is 357 g/mol. The third-order valence-electron chi connectivity index (χ3n) is 5.03. The van der Waals surface area contributed by atoms with E-state index in [-0.39, 0.29) is 11.9 Å². The third kappa shape index (κ3) is 4.83. The van der Waals surface area contributed by atoms with Crippen molar-refractivity contribution in [3.05, 3.63) is 69.7 Å². The number of rotatable bonds is 4. The zero-order valence-electron chi connectivity index (χ0n) is 14.9. The summed E-state index contributed by atoms with van der Waals surface area (Å²) in [5, 5.41) is 4.01. The molecule has 1 aliphatic heterocycles. The fourth-order valence-electron chi connectivity index (χ4n) is 3.48. The minimum Gasteiger partial charge on any atom is -0.349 e. The van der Waals surface area contributed by atoms with Crippen LogP contribution in [0.5, 0.6) is 0 Å². The molecule has 0 saturated carbocycles. The van der Waals surface area contributed by atoms with Crippen LogP contribution in [0.4, 0.5) is 0 Å². The SMILES string of the molecule is Cc1ccc(C)c(C(=O)NC2CC[NH+](Cc3ccc(Cl)cc3)CC2)c1. The molecule has 0 spiro atoms. The minimum atomic E-state index is 0.0624. The molecule has 0 bridgehead atoms. The number of likely N-dealkylation sites (tertiary alicyclic amines) is 1. The van der Waals surface area contributed by atoms with Gasteiger partial charge in [-0.1, -0.05) is 41.4 Å². The number of halogens is 1. The molecule has 2 N–H and O–H groups in total. The molecule has 1 heterocycles. The number of amides is 1. The van der Waals surface area contributed by atoms with Crippen molar-refractivity contribution in [3.63, 3.8) is 0 Å². The van der Waals surface area contributed by atoms with Gasteiger partial charge < -0.3 is 10.2 Å². The highest BCUT2D eigenvalue weighted by Gasteiger charge is 2.24. The van der Waals surface area contributed by atoms with Crippen LogP contribution >= 0.6 is 11.6 Å². The Morgan fingerprint density at radius 1 is 1.12 bits per heavy atom. The van der Waals surface area contributed by atoms with E-state index in [0.717, 1.165) is 54.2 Å². The smallest absolute Gasteiger partial charge is 0.251 e. The average molecular weight is 358 g/mol. The molecular formula is C21H26ClN2O+. The summed E-state index contributed by atoms with van der Waals surface area (Å²) in [6.45, 7) is 7.21. The van der Waals surface area contributed by atoms with E-state index in [1.165, 1.54) is 5.56 Å². The fourth-order valence-corrected chi connectivity index (χ4v) is 3.61. The number of carbonyl (C=O) groups is 1. The maximum Gasteiger partial charge on any atom is 0.251 e. The van der Waals surface area contributed by atoms with Gasteiger partial charge in [0.05, 0.1) is 13.1 Å². The van der Waals surface area contributed by atoms with Crippen molar-refractivity contribution in [1.29, 1.82) is 0 Å². The summed E-state index contributed by atoms with van der Waals surface area (Å²) in [7, 11) is 0. The second-order valence-corrected chi connectivity index (χ2v) is 7.56. The Labute approximate surface area is 155 Å². The molecule has 25 heavy (non-hydrogen) atoms. The van der Waals surface area contributed by atoms with Gasteiger partial charge in [0.25, 0.3) is 5.91 Å². The van der Waals surface area contributed by atoms with Crippen LogP contribution in [0.15, 0.2) is 42.5 Å². The molecule has 0 aliphatic carbocycles. The van der Waals surface area contributed by atoms with E-state index in [2.05, 4.69) is 17.4 Å². The summed E-state index contributed by atoms with van der Waals surface area (Å²) in [6.07, 6.45) is 2.05. The second kappa shape index (κ2) is 8.03. The predicted octanol–water partition coefficient (Wildman–Crippen LogP) is 2.93. The Morgan fingerprint density at radius 3 is 2.48 bits per heavy atom. The third-order valence-corrected chi connectivity index (χ3v) is 5.28. The van der Waals surface area contributed by atoms with Gasteiger partial charge in [0.1, 0.15) is 6.54 Å². The number of aryl methyl sites for hydroxylation is 2. The molecule has 1 saturated heterocycles. The lowest BCUT2D eigenvalue weighted by Gasteiger charge is -2.30. The highest BCUT2D eigenvalue weighted by molar-refractivity contribution is 6.30. The van der Waals surface area contributed by atoms with Crippen molar-refractivity contribution in [2.75, 3.05) is 13.1 Å². The van der Waals surface area contributed by atoms with Crippen molar-refractivity contribution in [2.45, 2.75) is 39.3 Å². The first kappa shape index (κ1) is 18.0. The van der Waals surface area contributed by atoms with Gasteiger partial charge in [-0.3, -0.25) is 4.79 Å². The summed E-state index contributed by atoms with van der Waals surface area (Å²) >= 11 is 5.95. The van der Waals surface area contributed by atoms with E-state index >= 15 is 0 Å². The topological polar surface area (TPSA) is 33.5 Å². The zero-order valence-corrected chi connectivity index (χ0v) is 15.7. The van der Waals surface area contributed by atoms with Gasteiger partial charge in [-0.2, -0.15) is 0 Å². The first-order valence-electron chi connectivity index (χ1n) is 8.97. The van der Waals surface area contributed by atoms with Crippen LogP contribution in [0.1, 0.15) is 39.9 Å². The Balaban J connectivity index is 1.51. The van der Waals surface area contributed by atoms with Gasteiger partial charge in [0.15, 0.2) is 0 Å². The maximum atomic E-state index is 12.6. The number of hydrogen-bond donors (Lipinski definition) is 2. The number of piperidine rings is 1. The van der Waals surface area contributed by atoms with Crippen LogP contribution in [-0.4, -0.2) is 25.0 Å². The second-order valence-electron chi connectivity index (χ2n) is 7.12. The summed E-state index contributed by atoms with van der Waals surface area (Å²) in [5.74, 6) is 0.0624. The molecule has 4 heteroatoms. The minimum absolute atomic E-state index is 0.0624. The molecule has 0 aromatic heterocycles. The summed E-state index contributed by atoms with van der Waals surface area (Å²) in [5.41, 5.74) is 4.28. The molecular weight excluding hydrogens is 332 g/mol. The number of nitrogens with one attached hydrogen (secondary N) is 2. The van der Waals surface area contributed by atoms with Crippen molar-refractivity contribution >= 4 is 17.5 Å². The van der Waals surface area contributed by atoms with Crippen LogP contribution in [0, 0.1) is 13.8 Å². The van der Waals surface area contributed by atoms with E-state index in [1.54, 1.807) is 4.90 Å². The highest BCUT2D eigenvalue weighted by Crippen LogP contribution is 2.12. The zero-order chi connectivity index (χ0) is 17.8. The molecule has 1 amide bonds. The van der Waals surface area contributed by atoms with Crippen molar-refractivity contribution in [1.82, 2.24) is 5.32 Å². The first-order chi connectivity index (χ1) is 12.0. The van der Waals surface area contributed by atoms with Crippen molar-refractivity contribution in [2.24, 2.45) is 0 Å². The van der Waals surface area contributed by atoms with Gasteiger partial charge in [-0.15, -0.1) is 0 Å². The normalized spacial score (nSPS) is 20.3. The van der Waals surface area contributed by atoms with E-state index in [0.29, 0.717) is 0 Å². The Hall–Kier alpha value is -1.84. The molecule has 3 rings (SSSR count). The fraction of sp³-hybridized carbons (Fsp3) is 0.381. The van der Waals surface area contributed by atoms with Crippen molar-refractivity contribution < 1.29 is 9.69 Å². The molecule has 1 aliphatic rings. The van der Waals surface area contributed by atoms with E-state index < -0.39 is 0 Å². The molecule has 0 atom stereocenters. The van der Waals surface area contributed by atoms with Crippen LogP contribution in [-0.2, 0) is 6.54 Å². The van der Waals surface area contributed by atoms with Gasteiger partial charge in [-0.05, 0) is 37.6 Å². The van der Waals surface area contributed by atoms with E-state index in [1.807, 2.05) is 44.2 Å². The molecule has 132 valence electrons. The van der Waals surface area contributed by atoms with Gasteiger partial charge >= 0.3 is 0 Å². The average Bonchev–Trinajstić information content (AvgIpc) is 2.60. The first-order valence-corrected chi connectivity index (χ1v) is 9.35. The molecule has 1 fully saturated rings. The van der Waals surface area contributed by atoms with Crippen LogP contribution in [0.25, 0.3) is 0 Å². The largest absolute Gasteiger partial charge is 0.349 e. The molecule has 2 aromatic rings. The Kier molecular flexibility index (Phi) is 5.77. The Morgan fingerprint density at radius 2 is 1.80 bits per heavy atom. The molecule has 0 radical (unpaired) electrons. The van der Waals surface area contributed by atoms with Gasteiger partial charge in [0, 0.05) is 35.0 Å². The van der Waals surface area contributed by atoms with Gasteiger partial charge in [0.2, 0.25) is 0 Å². The van der Waals surface area contributed by atoms with E-state index in [4.69, 9.17) is 11.6 Å². The lowest BCUT2D eigenvalue weighted by atomic mass is 10.0. The molecule has 0 unspecified atom stereocenters. The maximum absolute atomic E-state index is 12.6.